The molecule has 0 bridgehead atoms. The molecular formula is C26H30N2O5S. The van der Waals surface area contributed by atoms with Gasteiger partial charge in [0.25, 0.3) is 5.91 Å². The fourth-order valence-corrected chi connectivity index (χ4v) is 5.46. The van der Waals surface area contributed by atoms with Gasteiger partial charge in [0.1, 0.15) is 5.69 Å². The number of fused-ring (bicyclic) bond motifs is 1. The maximum absolute atomic E-state index is 13.9. The number of aromatic amines is 1. The molecule has 0 spiro atoms. The molecule has 0 radical (unpaired) electrons. The van der Waals surface area contributed by atoms with Crippen LogP contribution >= 0.6 is 11.3 Å². The Morgan fingerprint density at radius 2 is 1.85 bits per heavy atom. The molecule has 0 saturated carbocycles. The Balaban J connectivity index is 1.78. The number of carbonyl (C=O) groups is 2. The van der Waals surface area contributed by atoms with Gasteiger partial charge in [-0.15, -0.1) is 11.3 Å². The molecule has 1 aliphatic heterocycles. The summed E-state index contributed by atoms with van der Waals surface area (Å²) in [5.74, 6) is 0.733. The maximum atomic E-state index is 13.9. The summed E-state index contributed by atoms with van der Waals surface area (Å²) in [4.78, 5) is 32.7. The van der Waals surface area contributed by atoms with Crippen molar-refractivity contribution in [3.63, 3.8) is 0 Å². The number of hydrogen-bond donors (Lipinski definition) is 1. The highest BCUT2D eigenvalue weighted by Gasteiger charge is 2.36. The Hall–Kier alpha value is -3.26. The number of aromatic nitrogens is 1. The zero-order chi connectivity index (χ0) is 24.6. The molecule has 4 rings (SSSR count). The van der Waals surface area contributed by atoms with Crippen molar-refractivity contribution >= 4 is 23.2 Å². The lowest BCUT2D eigenvalue weighted by molar-refractivity contribution is 0.0376. The molecule has 8 heteroatoms. The lowest BCUT2D eigenvalue weighted by Crippen LogP contribution is -2.40. The van der Waals surface area contributed by atoms with Gasteiger partial charge in [0, 0.05) is 17.1 Å². The second kappa shape index (κ2) is 9.54. The molecule has 1 atom stereocenters. The van der Waals surface area contributed by atoms with Crippen LogP contribution in [0.25, 0.3) is 0 Å². The Bertz CT molecular complexity index is 1210. The van der Waals surface area contributed by atoms with Crippen LogP contribution < -0.4 is 9.47 Å². The number of nitrogens with one attached hydrogen (secondary N) is 1. The van der Waals surface area contributed by atoms with E-state index in [0.717, 1.165) is 16.0 Å². The number of amides is 1. The zero-order valence-electron chi connectivity index (χ0n) is 20.4. The summed E-state index contributed by atoms with van der Waals surface area (Å²) in [5.41, 5.74) is 4.21. The molecule has 0 fully saturated rings. The van der Waals surface area contributed by atoms with E-state index >= 15 is 0 Å². The van der Waals surface area contributed by atoms with Crippen molar-refractivity contribution in [2.75, 3.05) is 20.8 Å². The SMILES string of the molecule is COc1cc2c(cc1OC)[C@H](c1cccs1)N(C(=O)c1[nH]c(C)c(C(=O)OC(C)C)c1C)CC2. The average molecular weight is 483 g/mol. The Labute approximate surface area is 203 Å². The standard InChI is InChI=1S/C26H30N2O5S/c1-14(2)33-26(30)22-15(3)23(27-16(22)4)25(29)28-10-9-17-12-19(31-5)20(32-6)13-18(17)24(28)21-8-7-11-34-21/h7-8,11-14,24,27H,9-10H2,1-6H3/t24-/m1/s1. The molecular weight excluding hydrogens is 452 g/mol. The van der Waals surface area contributed by atoms with Crippen molar-refractivity contribution in [3.05, 3.63) is 68.2 Å². The number of benzene rings is 1. The Morgan fingerprint density at radius 3 is 2.47 bits per heavy atom. The van der Waals surface area contributed by atoms with Crippen LogP contribution in [-0.2, 0) is 11.2 Å². The third kappa shape index (κ3) is 4.18. The first-order valence-corrected chi connectivity index (χ1v) is 12.1. The highest BCUT2D eigenvalue weighted by atomic mass is 32.1. The number of rotatable bonds is 6. The fourth-order valence-electron chi connectivity index (χ4n) is 4.60. The fraction of sp³-hybridized carbons (Fsp3) is 0.385. The first kappa shape index (κ1) is 23.9. The normalized spacial score (nSPS) is 15.3. The van der Waals surface area contributed by atoms with Gasteiger partial charge in [-0.2, -0.15) is 0 Å². The van der Waals surface area contributed by atoms with E-state index in [1.807, 2.05) is 34.5 Å². The summed E-state index contributed by atoms with van der Waals surface area (Å²) in [5, 5.41) is 2.01. The van der Waals surface area contributed by atoms with E-state index in [1.165, 1.54) is 0 Å². The van der Waals surface area contributed by atoms with E-state index in [2.05, 4.69) is 4.98 Å². The highest BCUT2D eigenvalue weighted by Crippen LogP contribution is 2.43. The number of carbonyl (C=O) groups excluding carboxylic acids is 2. The topological polar surface area (TPSA) is 80.9 Å². The monoisotopic (exact) mass is 482 g/mol. The molecule has 0 unspecified atom stereocenters. The van der Waals surface area contributed by atoms with Gasteiger partial charge in [-0.25, -0.2) is 4.79 Å². The third-order valence-corrected chi connectivity index (χ3v) is 7.07. The minimum atomic E-state index is -0.420. The Morgan fingerprint density at radius 1 is 1.15 bits per heavy atom. The molecule has 0 aliphatic carbocycles. The summed E-state index contributed by atoms with van der Waals surface area (Å²) < 4.78 is 16.5. The van der Waals surface area contributed by atoms with Crippen molar-refractivity contribution in [3.8, 4) is 11.5 Å². The molecule has 1 amide bonds. The van der Waals surface area contributed by atoms with Crippen LogP contribution in [0.1, 0.15) is 68.0 Å². The Kier molecular flexibility index (Phi) is 6.70. The molecule has 0 saturated heterocycles. The van der Waals surface area contributed by atoms with Gasteiger partial charge < -0.3 is 24.1 Å². The van der Waals surface area contributed by atoms with Gasteiger partial charge in [-0.1, -0.05) is 6.07 Å². The van der Waals surface area contributed by atoms with Crippen LogP contribution in [0.3, 0.4) is 0 Å². The number of ether oxygens (including phenoxy) is 3. The predicted octanol–water partition coefficient (Wildman–Crippen LogP) is 5.06. The lowest BCUT2D eigenvalue weighted by Gasteiger charge is -2.37. The van der Waals surface area contributed by atoms with E-state index in [9.17, 15) is 9.59 Å². The molecule has 3 heterocycles. The third-order valence-electron chi connectivity index (χ3n) is 6.15. The van der Waals surface area contributed by atoms with Gasteiger partial charge in [-0.3, -0.25) is 4.79 Å². The quantitative estimate of drug-likeness (QED) is 0.497. The van der Waals surface area contributed by atoms with Gasteiger partial charge in [0.05, 0.1) is 31.9 Å². The summed E-state index contributed by atoms with van der Waals surface area (Å²) in [6.45, 7) is 7.73. The van der Waals surface area contributed by atoms with Crippen LogP contribution in [-0.4, -0.2) is 48.6 Å². The first-order chi connectivity index (χ1) is 16.3. The van der Waals surface area contributed by atoms with Gasteiger partial charge in [0.2, 0.25) is 0 Å². The zero-order valence-corrected chi connectivity index (χ0v) is 21.2. The van der Waals surface area contributed by atoms with Crippen molar-refractivity contribution in [1.29, 1.82) is 0 Å². The molecule has 1 aliphatic rings. The number of hydrogen-bond acceptors (Lipinski definition) is 6. The van der Waals surface area contributed by atoms with Gasteiger partial charge in [-0.05, 0) is 74.4 Å². The van der Waals surface area contributed by atoms with Crippen LogP contribution in [0.15, 0.2) is 29.6 Å². The molecule has 1 aromatic carbocycles. The molecule has 1 N–H and O–H groups in total. The van der Waals surface area contributed by atoms with Crippen molar-refractivity contribution in [2.24, 2.45) is 0 Å². The van der Waals surface area contributed by atoms with E-state index < -0.39 is 5.97 Å². The van der Waals surface area contributed by atoms with Gasteiger partial charge in [0.15, 0.2) is 11.5 Å². The second-order valence-corrected chi connectivity index (χ2v) is 9.63. The number of esters is 1. The summed E-state index contributed by atoms with van der Waals surface area (Å²) in [6.07, 6.45) is 0.443. The van der Waals surface area contributed by atoms with Crippen LogP contribution in [0, 0.1) is 13.8 Å². The maximum Gasteiger partial charge on any atom is 0.340 e. The second-order valence-electron chi connectivity index (χ2n) is 8.65. The van der Waals surface area contributed by atoms with Crippen molar-refractivity contribution < 1.29 is 23.8 Å². The van der Waals surface area contributed by atoms with Crippen molar-refractivity contribution in [1.82, 2.24) is 9.88 Å². The first-order valence-electron chi connectivity index (χ1n) is 11.3. The molecule has 180 valence electrons. The molecule has 2 aromatic heterocycles. The predicted molar refractivity (Wildman–Crippen MR) is 131 cm³/mol. The number of H-pyrrole nitrogens is 1. The number of methoxy groups -OCH3 is 2. The molecule has 7 nitrogen and oxygen atoms in total. The van der Waals surface area contributed by atoms with E-state index in [4.69, 9.17) is 14.2 Å². The van der Waals surface area contributed by atoms with E-state index in [1.54, 1.807) is 53.3 Å². The minimum Gasteiger partial charge on any atom is -0.493 e. The highest BCUT2D eigenvalue weighted by molar-refractivity contribution is 7.10. The van der Waals surface area contributed by atoms with Crippen LogP contribution in [0.4, 0.5) is 0 Å². The summed E-state index contributed by atoms with van der Waals surface area (Å²) in [7, 11) is 3.23. The van der Waals surface area contributed by atoms with Gasteiger partial charge >= 0.3 is 5.97 Å². The smallest absolute Gasteiger partial charge is 0.340 e. The number of nitrogens with zero attached hydrogens (tertiary/aromatic N) is 1. The summed E-state index contributed by atoms with van der Waals surface area (Å²) >= 11 is 1.61. The number of aryl methyl sites for hydroxylation is 1. The average Bonchev–Trinajstić information content (AvgIpc) is 3.44. The molecule has 3 aromatic rings. The van der Waals surface area contributed by atoms with Crippen molar-refractivity contribution in [2.45, 2.75) is 46.3 Å². The largest absolute Gasteiger partial charge is 0.493 e. The van der Waals surface area contributed by atoms with Crippen LogP contribution in [0.5, 0.6) is 11.5 Å². The van der Waals surface area contributed by atoms with E-state index in [-0.39, 0.29) is 18.1 Å². The molecule has 34 heavy (non-hydrogen) atoms. The number of thiophene rings is 1. The van der Waals surface area contributed by atoms with Crippen LogP contribution in [0.2, 0.25) is 0 Å². The summed E-state index contributed by atoms with van der Waals surface area (Å²) in [6, 6.07) is 7.73. The lowest BCUT2D eigenvalue weighted by atomic mass is 9.90. The van der Waals surface area contributed by atoms with E-state index in [0.29, 0.717) is 47.0 Å². The minimum absolute atomic E-state index is 0.150.